The van der Waals surface area contributed by atoms with Crippen molar-refractivity contribution in [2.75, 3.05) is 13.2 Å². The van der Waals surface area contributed by atoms with Crippen LogP contribution in [0.15, 0.2) is 18.2 Å². The average Bonchev–Trinajstić information content (AvgIpc) is 2.33. The van der Waals surface area contributed by atoms with Gasteiger partial charge in [-0.3, -0.25) is 4.79 Å². The van der Waals surface area contributed by atoms with Crippen molar-refractivity contribution in [3.8, 4) is 0 Å². The van der Waals surface area contributed by atoms with Crippen molar-refractivity contribution >= 4 is 5.91 Å². The third kappa shape index (κ3) is 5.72. The highest BCUT2D eigenvalue weighted by Crippen LogP contribution is 1.98. The van der Waals surface area contributed by atoms with Gasteiger partial charge in [-0.25, -0.2) is 4.98 Å². The Morgan fingerprint density at radius 3 is 2.89 bits per heavy atom. The molecular formula is C13H19FN2O2. The van der Waals surface area contributed by atoms with E-state index in [9.17, 15) is 9.18 Å². The summed E-state index contributed by atoms with van der Waals surface area (Å²) in [6, 6.07) is 4.16. The summed E-state index contributed by atoms with van der Waals surface area (Å²) in [5.41, 5.74) is 0.105. The molecular weight excluding hydrogens is 235 g/mol. The Kier molecular flexibility index (Phi) is 6.28. The summed E-state index contributed by atoms with van der Waals surface area (Å²) in [4.78, 5) is 15.1. The molecule has 0 aliphatic heterocycles. The van der Waals surface area contributed by atoms with Crippen LogP contribution >= 0.6 is 0 Å². The van der Waals surface area contributed by atoms with Gasteiger partial charge in [-0.1, -0.05) is 6.07 Å². The van der Waals surface area contributed by atoms with Gasteiger partial charge < -0.3 is 10.1 Å². The van der Waals surface area contributed by atoms with E-state index in [0.29, 0.717) is 13.2 Å². The Bertz CT molecular complexity index is 383. The van der Waals surface area contributed by atoms with E-state index in [2.05, 4.69) is 10.3 Å². The number of aromatic nitrogens is 1. The van der Waals surface area contributed by atoms with E-state index < -0.39 is 5.95 Å². The first-order valence-corrected chi connectivity index (χ1v) is 6.12. The van der Waals surface area contributed by atoms with Crippen LogP contribution in [0.2, 0.25) is 0 Å². The van der Waals surface area contributed by atoms with E-state index >= 15 is 0 Å². The molecule has 1 aromatic rings. The maximum atomic E-state index is 12.8. The molecule has 18 heavy (non-hydrogen) atoms. The second-order valence-corrected chi connectivity index (χ2v) is 4.23. The van der Waals surface area contributed by atoms with Crippen LogP contribution in [0.25, 0.3) is 0 Å². The number of ether oxygens (including phenoxy) is 1. The SMILES string of the molecule is CC(C)OCCCCNC(=O)c1cccc(F)n1. The molecule has 100 valence electrons. The lowest BCUT2D eigenvalue weighted by atomic mass is 10.3. The van der Waals surface area contributed by atoms with E-state index in [1.165, 1.54) is 18.2 Å². The molecule has 1 N–H and O–H groups in total. The highest BCUT2D eigenvalue weighted by atomic mass is 19.1. The first-order valence-electron chi connectivity index (χ1n) is 6.12. The Hall–Kier alpha value is -1.49. The van der Waals surface area contributed by atoms with Crippen molar-refractivity contribution in [1.29, 1.82) is 0 Å². The lowest BCUT2D eigenvalue weighted by molar-refractivity contribution is 0.0754. The Morgan fingerprint density at radius 2 is 2.22 bits per heavy atom. The number of hydrogen-bond donors (Lipinski definition) is 1. The third-order valence-corrected chi connectivity index (χ3v) is 2.26. The topological polar surface area (TPSA) is 51.2 Å². The summed E-state index contributed by atoms with van der Waals surface area (Å²) < 4.78 is 18.2. The molecule has 0 unspecified atom stereocenters. The highest BCUT2D eigenvalue weighted by Gasteiger charge is 2.06. The van der Waals surface area contributed by atoms with E-state index in [4.69, 9.17) is 4.74 Å². The van der Waals surface area contributed by atoms with E-state index in [1.807, 2.05) is 13.8 Å². The lowest BCUT2D eigenvalue weighted by Crippen LogP contribution is -2.25. The van der Waals surface area contributed by atoms with Crippen LogP contribution in [0, 0.1) is 5.95 Å². The molecule has 1 aromatic heterocycles. The number of unbranched alkanes of at least 4 members (excludes halogenated alkanes) is 1. The van der Waals surface area contributed by atoms with Crippen molar-refractivity contribution in [3.05, 3.63) is 29.8 Å². The van der Waals surface area contributed by atoms with Crippen LogP contribution in [-0.4, -0.2) is 30.1 Å². The zero-order valence-electron chi connectivity index (χ0n) is 10.8. The number of carbonyl (C=O) groups excluding carboxylic acids is 1. The fourth-order valence-electron chi connectivity index (χ4n) is 1.37. The maximum Gasteiger partial charge on any atom is 0.269 e. The molecule has 0 radical (unpaired) electrons. The van der Waals surface area contributed by atoms with Gasteiger partial charge in [0.25, 0.3) is 5.91 Å². The first kappa shape index (κ1) is 14.6. The normalized spacial score (nSPS) is 10.7. The number of pyridine rings is 1. The fraction of sp³-hybridized carbons (Fsp3) is 0.538. The summed E-state index contributed by atoms with van der Waals surface area (Å²) in [5.74, 6) is -0.993. The van der Waals surface area contributed by atoms with Gasteiger partial charge in [0.1, 0.15) is 5.69 Å². The molecule has 1 amide bonds. The van der Waals surface area contributed by atoms with Gasteiger partial charge >= 0.3 is 0 Å². The van der Waals surface area contributed by atoms with E-state index in [0.717, 1.165) is 12.8 Å². The Morgan fingerprint density at radius 1 is 1.44 bits per heavy atom. The molecule has 0 aromatic carbocycles. The average molecular weight is 254 g/mol. The minimum absolute atomic E-state index is 0.105. The van der Waals surface area contributed by atoms with Crippen molar-refractivity contribution < 1.29 is 13.9 Å². The quantitative estimate of drug-likeness (QED) is 0.599. The van der Waals surface area contributed by atoms with Crippen molar-refractivity contribution in [2.45, 2.75) is 32.8 Å². The molecule has 4 nitrogen and oxygen atoms in total. The minimum atomic E-state index is -0.645. The number of nitrogens with one attached hydrogen (secondary N) is 1. The molecule has 1 heterocycles. The summed E-state index contributed by atoms with van der Waals surface area (Å²) in [5, 5.41) is 2.69. The summed E-state index contributed by atoms with van der Waals surface area (Å²) in [6.07, 6.45) is 1.94. The molecule has 0 atom stereocenters. The number of rotatable bonds is 7. The summed E-state index contributed by atoms with van der Waals surface area (Å²) in [7, 11) is 0. The zero-order chi connectivity index (χ0) is 13.4. The molecule has 0 saturated heterocycles. The number of carbonyl (C=O) groups is 1. The Balaban J connectivity index is 2.18. The van der Waals surface area contributed by atoms with Crippen molar-refractivity contribution in [2.24, 2.45) is 0 Å². The van der Waals surface area contributed by atoms with Gasteiger partial charge in [0.05, 0.1) is 6.10 Å². The standard InChI is InChI=1S/C13H19FN2O2/c1-10(2)18-9-4-3-8-15-13(17)11-6-5-7-12(14)16-11/h5-7,10H,3-4,8-9H2,1-2H3,(H,15,17). The molecule has 5 heteroatoms. The second kappa shape index (κ2) is 7.76. The predicted molar refractivity (Wildman–Crippen MR) is 66.9 cm³/mol. The van der Waals surface area contributed by atoms with Gasteiger partial charge in [0.15, 0.2) is 0 Å². The third-order valence-electron chi connectivity index (χ3n) is 2.26. The monoisotopic (exact) mass is 254 g/mol. The van der Waals surface area contributed by atoms with E-state index in [1.54, 1.807) is 0 Å². The summed E-state index contributed by atoms with van der Waals surface area (Å²) in [6.45, 7) is 5.19. The second-order valence-electron chi connectivity index (χ2n) is 4.23. The van der Waals surface area contributed by atoms with Crippen LogP contribution in [0.4, 0.5) is 4.39 Å². The molecule has 0 aliphatic rings. The van der Waals surface area contributed by atoms with Gasteiger partial charge in [-0.15, -0.1) is 0 Å². The molecule has 1 rings (SSSR count). The molecule has 0 saturated carbocycles. The summed E-state index contributed by atoms with van der Waals surface area (Å²) >= 11 is 0. The van der Waals surface area contributed by atoms with Gasteiger partial charge in [-0.2, -0.15) is 4.39 Å². The number of nitrogens with zero attached hydrogens (tertiary/aromatic N) is 1. The number of halogens is 1. The van der Waals surface area contributed by atoms with Crippen molar-refractivity contribution in [1.82, 2.24) is 10.3 Å². The van der Waals surface area contributed by atoms with Gasteiger partial charge in [-0.05, 0) is 38.8 Å². The van der Waals surface area contributed by atoms with Crippen LogP contribution in [0.5, 0.6) is 0 Å². The minimum Gasteiger partial charge on any atom is -0.379 e. The fourth-order valence-corrected chi connectivity index (χ4v) is 1.37. The highest BCUT2D eigenvalue weighted by molar-refractivity contribution is 5.92. The molecule has 0 fully saturated rings. The van der Waals surface area contributed by atoms with Crippen molar-refractivity contribution in [3.63, 3.8) is 0 Å². The van der Waals surface area contributed by atoms with E-state index in [-0.39, 0.29) is 17.7 Å². The molecule has 0 bridgehead atoms. The number of amides is 1. The smallest absolute Gasteiger partial charge is 0.269 e. The lowest BCUT2D eigenvalue weighted by Gasteiger charge is -2.07. The van der Waals surface area contributed by atoms with Crippen LogP contribution in [0.3, 0.4) is 0 Å². The molecule has 0 spiro atoms. The van der Waals surface area contributed by atoms with Crippen LogP contribution in [-0.2, 0) is 4.74 Å². The van der Waals surface area contributed by atoms with Gasteiger partial charge in [0.2, 0.25) is 5.95 Å². The van der Waals surface area contributed by atoms with Crippen LogP contribution in [0.1, 0.15) is 37.2 Å². The largest absolute Gasteiger partial charge is 0.379 e. The zero-order valence-corrected chi connectivity index (χ0v) is 10.8. The van der Waals surface area contributed by atoms with Crippen LogP contribution < -0.4 is 5.32 Å². The number of hydrogen-bond acceptors (Lipinski definition) is 3. The first-order chi connectivity index (χ1) is 8.59. The predicted octanol–water partition coefficient (Wildman–Crippen LogP) is 2.16. The molecule has 0 aliphatic carbocycles. The maximum absolute atomic E-state index is 12.8. The van der Waals surface area contributed by atoms with Gasteiger partial charge in [0, 0.05) is 13.2 Å². The Labute approximate surface area is 107 Å².